The van der Waals surface area contributed by atoms with E-state index in [1.54, 1.807) is 29.8 Å². The zero-order valence-corrected chi connectivity index (χ0v) is 12.3. The van der Waals surface area contributed by atoms with Crippen LogP contribution in [0.2, 0.25) is 5.02 Å². The van der Waals surface area contributed by atoms with Crippen molar-refractivity contribution in [2.75, 3.05) is 13.7 Å². The fraction of sp³-hybridized carbons (Fsp3) is 0.214. The molecule has 1 N–H and O–H groups in total. The normalized spacial score (nSPS) is 10.2. The van der Waals surface area contributed by atoms with Crippen molar-refractivity contribution in [1.82, 2.24) is 15.1 Å². The van der Waals surface area contributed by atoms with Gasteiger partial charge >= 0.3 is 5.97 Å². The van der Waals surface area contributed by atoms with Crippen LogP contribution >= 0.6 is 11.6 Å². The molecule has 21 heavy (non-hydrogen) atoms. The summed E-state index contributed by atoms with van der Waals surface area (Å²) in [6.45, 7) is 1.58. The van der Waals surface area contributed by atoms with Crippen LogP contribution in [0.5, 0.6) is 0 Å². The summed E-state index contributed by atoms with van der Waals surface area (Å²) in [6.07, 6.45) is 1.45. The van der Waals surface area contributed by atoms with E-state index >= 15 is 0 Å². The standard InChI is InChI=1S/C14H14ClN3O3/c1-9-12(14(20)16-8-13(19)21-2)7-17-18(9)11-5-3-4-10(15)6-11/h3-7H,8H2,1-2H3,(H,16,20). The lowest BCUT2D eigenvalue weighted by Crippen LogP contribution is -2.30. The minimum absolute atomic E-state index is 0.183. The Morgan fingerprint density at radius 3 is 2.86 bits per heavy atom. The Balaban J connectivity index is 2.21. The molecule has 1 amide bonds. The fourth-order valence-electron chi connectivity index (χ4n) is 1.82. The van der Waals surface area contributed by atoms with Crippen molar-refractivity contribution in [3.8, 4) is 5.69 Å². The number of hydrogen-bond donors (Lipinski definition) is 1. The van der Waals surface area contributed by atoms with Crippen LogP contribution in [0, 0.1) is 6.92 Å². The van der Waals surface area contributed by atoms with Crippen LogP contribution in [0.25, 0.3) is 5.69 Å². The number of benzene rings is 1. The van der Waals surface area contributed by atoms with E-state index in [0.717, 1.165) is 5.69 Å². The first-order chi connectivity index (χ1) is 10.0. The second-order valence-electron chi connectivity index (χ2n) is 4.29. The van der Waals surface area contributed by atoms with Crippen molar-refractivity contribution in [3.63, 3.8) is 0 Å². The van der Waals surface area contributed by atoms with E-state index in [0.29, 0.717) is 16.3 Å². The summed E-state index contributed by atoms with van der Waals surface area (Å²) in [4.78, 5) is 23.0. The van der Waals surface area contributed by atoms with Gasteiger partial charge in [0.1, 0.15) is 6.54 Å². The summed E-state index contributed by atoms with van der Waals surface area (Å²) >= 11 is 5.95. The second kappa shape index (κ2) is 6.41. The SMILES string of the molecule is COC(=O)CNC(=O)c1cnn(-c2cccc(Cl)c2)c1C. The molecule has 0 atom stereocenters. The Bertz CT molecular complexity index is 682. The maximum absolute atomic E-state index is 12.0. The van der Waals surface area contributed by atoms with E-state index in [2.05, 4.69) is 15.2 Å². The van der Waals surface area contributed by atoms with Crippen molar-refractivity contribution in [2.45, 2.75) is 6.92 Å². The number of nitrogens with one attached hydrogen (secondary N) is 1. The molecule has 0 aliphatic carbocycles. The number of esters is 1. The van der Waals surface area contributed by atoms with Gasteiger partial charge in [0, 0.05) is 5.02 Å². The van der Waals surface area contributed by atoms with Gasteiger partial charge in [-0.15, -0.1) is 0 Å². The third kappa shape index (κ3) is 3.41. The maximum atomic E-state index is 12.0. The number of carbonyl (C=O) groups is 2. The molecule has 2 aromatic rings. The van der Waals surface area contributed by atoms with Crippen LogP contribution in [0.3, 0.4) is 0 Å². The van der Waals surface area contributed by atoms with Crippen LogP contribution in [0.4, 0.5) is 0 Å². The van der Waals surface area contributed by atoms with Crippen molar-refractivity contribution in [3.05, 3.63) is 46.7 Å². The topological polar surface area (TPSA) is 73.2 Å². The van der Waals surface area contributed by atoms with Crippen LogP contribution < -0.4 is 5.32 Å². The van der Waals surface area contributed by atoms with Crippen molar-refractivity contribution in [2.24, 2.45) is 0 Å². The number of amides is 1. The van der Waals surface area contributed by atoms with Crippen LogP contribution in [-0.2, 0) is 9.53 Å². The lowest BCUT2D eigenvalue weighted by molar-refractivity contribution is -0.139. The molecule has 2 rings (SSSR count). The van der Waals surface area contributed by atoms with Crippen LogP contribution in [-0.4, -0.2) is 35.3 Å². The summed E-state index contributed by atoms with van der Waals surface area (Å²) in [5.41, 5.74) is 1.80. The number of ether oxygens (including phenoxy) is 1. The number of carbonyl (C=O) groups excluding carboxylic acids is 2. The summed E-state index contributed by atoms with van der Waals surface area (Å²) in [7, 11) is 1.26. The molecule has 6 nitrogen and oxygen atoms in total. The molecule has 0 radical (unpaired) electrons. The molecule has 1 aromatic heterocycles. The van der Waals surface area contributed by atoms with Gasteiger partial charge in [-0.1, -0.05) is 17.7 Å². The van der Waals surface area contributed by atoms with Crippen molar-refractivity contribution in [1.29, 1.82) is 0 Å². The zero-order valence-electron chi connectivity index (χ0n) is 11.6. The van der Waals surface area contributed by atoms with E-state index in [9.17, 15) is 9.59 Å². The lowest BCUT2D eigenvalue weighted by atomic mass is 10.2. The molecule has 0 saturated heterocycles. The number of hydrogen-bond acceptors (Lipinski definition) is 4. The Morgan fingerprint density at radius 1 is 1.43 bits per heavy atom. The van der Waals surface area contributed by atoms with E-state index < -0.39 is 5.97 Å². The summed E-state index contributed by atoms with van der Waals surface area (Å²) in [5, 5.41) is 7.23. The Labute approximate surface area is 126 Å². The van der Waals surface area contributed by atoms with E-state index in [4.69, 9.17) is 11.6 Å². The van der Waals surface area contributed by atoms with Gasteiger partial charge in [0.15, 0.2) is 0 Å². The number of halogens is 1. The zero-order chi connectivity index (χ0) is 15.4. The third-order valence-electron chi connectivity index (χ3n) is 2.93. The summed E-state index contributed by atoms with van der Waals surface area (Å²) < 4.78 is 6.08. The average Bonchev–Trinajstić information content (AvgIpc) is 2.86. The van der Waals surface area contributed by atoms with Gasteiger partial charge in [-0.25, -0.2) is 4.68 Å². The van der Waals surface area contributed by atoms with Crippen molar-refractivity contribution >= 4 is 23.5 Å². The molecular weight excluding hydrogens is 294 g/mol. The number of nitrogens with zero attached hydrogens (tertiary/aromatic N) is 2. The molecule has 1 aromatic carbocycles. The largest absolute Gasteiger partial charge is 0.468 e. The quantitative estimate of drug-likeness (QED) is 0.873. The molecule has 110 valence electrons. The van der Waals surface area contributed by atoms with Gasteiger partial charge in [0.25, 0.3) is 5.91 Å². The van der Waals surface area contributed by atoms with Gasteiger partial charge in [-0.2, -0.15) is 5.10 Å². The molecule has 0 saturated carbocycles. The monoisotopic (exact) mass is 307 g/mol. The molecule has 0 spiro atoms. The highest BCUT2D eigenvalue weighted by Crippen LogP contribution is 2.17. The molecule has 0 unspecified atom stereocenters. The fourth-order valence-corrected chi connectivity index (χ4v) is 2.01. The maximum Gasteiger partial charge on any atom is 0.325 e. The van der Waals surface area contributed by atoms with Gasteiger partial charge in [0.2, 0.25) is 0 Å². The minimum Gasteiger partial charge on any atom is -0.468 e. The summed E-state index contributed by atoms with van der Waals surface area (Å²) in [5.74, 6) is -0.894. The van der Waals surface area contributed by atoms with Crippen LogP contribution in [0.1, 0.15) is 16.1 Å². The third-order valence-corrected chi connectivity index (χ3v) is 3.16. The second-order valence-corrected chi connectivity index (χ2v) is 4.73. The molecule has 7 heteroatoms. The molecule has 0 aliphatic rings. The summed E-state index contributed by atoms with van der Waals surface area (Å²) in [6, 6.07) is 7.14. The van der Waals surface area contributed by atoms with E-state index in [1.807, 2.05) is 6.07 Å². The first-order valence-corrected chi connectivity index (χ1v) is 6.56. The Hall–Kier alpha value is -2.34. The predicted octanol–water partition coefficient (Wildman–Crippen LogP) is 1.74. The Morgan fingerprint density at radius 2 is 2.19 bits per heavy atom. The molecular formula is C14H14ClN3O3. The highest BCUT2D eigenvalue weighted by atomic mass is 35.5. The molecule has 0 fully saturated rings. The highest BCUT2D eigenvalue weighted by Gasteiger charge is 2.16. The van der Waals surface area contributed by atoms with Crippen molar-refractivity contribution < 1.29 is 14.3 Å². The number of rotatable bonds is 4. The first kappa shape index (κ1) is 15.1. The van der Waals surface area contributed by atoms with Gasteiger partial charge in [-0.05, 0) is 25.1 Å². The van der Waals surface area contributed by atoms with Gasteiger partial charge < -0.3 is 10.1 Å². The average molecular weight is 308 g/mol. The van der Waals surface area contributed by atoms with Gasteiger partial charge in [0.05, 0.1) is 30.3 Å². The minimum atomic E-state index is -0.511. The smallest absolute Gasteiger partial charge is 0.325 e. The van der Waals surface area contributed by atoms with E-state index in [-0.39, 0.29) is 12.5 Å². The highest BCUT2D eigenvalue weighted by molar-refractivity contribution is 6.30. The van der Waals surface area contributed by atoms with E-state index in [1.165, 1.54) is 13.3 Å². The number of aromatic nitrogens is 2. The number of methoxy groups -OCH3 is 1. The molecule has 0 aliphatic heterocycles. The molecule has 0 bridgehead atoms. The first-order valence-electron chi connectivity index (χ1n) is 6.18. The van der Waals surface area contributed by atoms with Gasteiger partial charge in [-0.3, -0.25) is 9.59 Å². The predicted molar refractivity (Wildman–Crippen MR) is 77.7 cm³/mol. The van der Waals surface area contributed by atoms with Crippen LogP contribution in [0.15, 0.2) is 30.5 Å². The molecule has 1 heterocycles. The lowest BCUT2D eigenvalue weighted by Gasteiger charge is -2.06. The Kier molecular flexibility index (Phi) is 4.59.